The van der Waals surface area contributed by atoms with Gasteiger partial charge in [-0.25, -0.2) is 0 Å². The Labute approximate surface area is 59.9 Å². The third-order valence-corrected chi connectivity index (χ3v) is 2.08. The predicted molar refractivity (Wildman–Crippen MR) is 34.1 cm³/mol. The molecule has 2 heteroatoms. The van der Waals surface area contributed by atoms with Crippen molar-refractivity contribution in [2.24, 2.45) is 0 Å². The summed E-state index contributed by atoms with van der Waals surface area (Å²) in [6.45, 7) is 0. The molecule has 0 aromatic rings. The summed E-state index contributed by atoms with van der Waals surface area (Å²) in [4.78, 5) is 0. The molecule has 0 N–H and O–H groups in total. The van der Waals surface area contributed by atoms with Crippen LogP contribution in [0.2, 0.25) is 4.44 Å². The van der Waals surface area contributed by atoms with Crippen LogP contribution in [0.15, 0.2) is 0 Å². The summed E-state index contributed by atoms with van der Waals surface area (Å²) in [7, 11) is 0. The van der Waals surface area contributed by atoms with E-state index in [0.29, 0.717) is 0 Å². The zero-order valence-corrected chi connectivity index (χ0v) is 8.01. The Morgan fingerprint density at radius 1 is 1.60 bits per heavy atom. The first kappa shape index (κ1) is 6.53. The van der Waals surface area contributed by atoms with E-state index >= 15 is 0 Å². The van der Waals surface area contributed by atoms with Gasteiger partial charge >= 0.3 is 60.4 Å². The summed E-state index contributed by atoms with van der Waals surface area (Å²) < 4.78 is 2.76. The first-order valence-electron chi connectivity index (χ1n) is 1.62. The van der Waals surface area contributed by atoms with Crippen molar-refractivity contribution in [3.05, 3.63) is 0 Å². The molecule has 29 valence electrons. The summed E-state index contributed by atoms with van der Waals surface area (Å²) in [5, 5.41) is 0. The molecular formula is C3H6ISn. The van der Waals surface area contributed by atoms with Gasteiger partial charge in [0.2, 0.25) is 0 Å². The molecule has 0 saturated carbocycles. The van der Waals surface area contributed by atoms with E-state index in [-0.39, 0.29) is 0 Å². The SMILES string of the molecule is [Sn][CH2]CCI. The molecule has 3 radical (unpaired) electrons. The summed E-state index contributed by atoms with van der Waals surface area (Å²) in [5.41, 5.74) is 0. The van der Waals surface area contributed by atoms with Crippen molar-refractivity contribution >= 4 is 45.1 Å². The topological polar surface area (TPSA) is 0 Å². The van der Waals surface area contributed by atoms with Crippen molar-refractivity contribution in [2.75, 3.05) is 4.43 Å². The number of hydrogen-bond donors (Lipinski definition) is 0. The fourth-order valence-corrected chi connectivity index (χ4v) is 3.01. The molecular weight excluding hydrogens is 282 g/mol. The van der Waals surface area contributed by atoms with Gasteiger partial charge in [-0.05, 0) is 0 Å². The number of rotatable bonds is 2. The van der Waals surface area contributed by atoms with E-state index in [2.05, 4.69) is 22.6 Å². The Morgan fingerprint density at radius 3 is 2.20 bits per heavy atom. The predicted octanol–water partition coefficient (Wildman–Crippen LogP) is 1.40. The molecule has 0 amide bonds. The summed E-state index contributed by atoms with van der Waals surface area (Å²) in [6, 6.07) is 0. The second kappa shape index (κ2) is 5.53. The average Bonchev–Trinajstić information content (AvgIpc) is 1.41. The van der Waals surface area contributed by atoms with Crippen LogP contribution in [0.5, 0.6) is 0 Å². The van der Waals surface area contributed by atoms with Crippen LogP contribution in [0, 0.1) is 0 Å². The summed E-state index contributed by atoms with van der Waals surface area (Å²) in [5.74, 6) is 0. The van der Waals surface area contributed by atoms with E-state index in [0.717, 1.165) is 0 Å². The monoisotopic (exact) mass is 289 g/mol. The molecule has 0 bridgehead atoms. The second-order valence-electron chi connectivity index (χ2n) is 0.793. The minimum absolute atomic E-state index is 1.34. The molecule has 0 heterocycles. The van der Waals surface area contributed by atoms with Crippen molar-refractivity contribution in [3.63, 3.8) is 0 Å². The van der Waals surface area contributed by atoms with Gasteiger partial charge in [0, 0.05) is 0 Å². The Morgan fingerprint density at radius 2 is 2.20 bits per heavy atom. The maximum atomic E-state index is 2.40. The van der Waals surface area contributed by atoms with Gasteiger partial charge < -0.3 is 0 Å². The molecule has 5 heavy (non-hydrogen) atoms. The molecule has 0 aliphatic carbocycles. The van der Waals surface area contributed by atoms with Gasteiger partial charge in [0.05, 0.1) is 0 Å². The van der Waals surface area contributed by atoms with Crippen molar-refractivity contribution in [2.45, 2.75) is 10.9 Å². The quantitative estimate of drug-likeness (QED) is 0.409. The molecule has 0 fully saturated rings. The third kappa shape index (κ3) is 5.53. The van der Waals surface area contributed by atoms with Crippen molar-refractivity contribution in [1.29, 1.82) is 0 Å². The average molecular weight is 288 g/mol. The molecule has 0 aliphatic rings. The Kier molecular flexibility index (Phi) is 7.22. The van der Waals surface area contributed by atoms with Gasteiger partial charge in [-0.3, -0.25) is 0 Å². The van der Waals surface area contributed by atoms with E-state index in [1.807, 2.05) is 0 Å². The van der Waals surface area contributed by atoms with Gasteiger partial charge in [0.15, 0.2) is 0 Å². The van der Waals surface area contributed by atoms with Crippen LogP contribution >= 0.6 is 22.6 Å². The van der Waals surface area contributed by atoms with Gasteiger partial charge in [-0.2, -0.15) is 0 Å². The van der Waals surface area contributed by atoms with Crippen molar-refractivity contribution in [1.82, 2.24) is 0 Å². The fourth-order valence-electron chi connectivity index (χ4n) is 0.0668. The molecule has 0 rings (SSSR count). The van der Waals surface area contributed by atoms with E-state index in [4.69, 9.17) is 0 Å². The van der Waals surface area contributed by atoms with Crippen LogP contribution in [-0.2, 0) is 0 Å². The van der Waals surface area contributed by atoms with E-state index < -0.39 is 0 Å². The number of halogens is 1. The van der Waals surface area contributed by atoms with E-state index in [9.17, 15) is 0 Å². The summed E-state index contributed by atoms with van der Waals surface area (Å²) >= 11 is 4.08. The molecule has 0 saturated heterocycles. The van der Waals surface area contributed by atoms with Crippen LogP contribution < -0.4 is 0 Å². The molecule has 0 aliphatic heterocycles. The Bertz CT molecular complexity index is 14.4. The van der Waals surface area contributed by atoms with Gasteiger partial charge in [-0.15, -0.1) is 0 Å². The van der Waals surface area contributed by atoms with Crippen LogP contribution in [0.25, 0.3) is 0 Å². The molecule has 0 aromatic heterocycles. The Balaban J connectivity index is 2.19. The van der Waals surface area contributed by atoms with Crippen molar-refractivity contribution in [3.8, 4) is 0 Å². The van der Waals surface area contributed by atoms with E-state index in [1.54, 1.807) is 22.5 Å². The zero-order valence-electron chi connectivity index (χ0n) is 3.00. The molecule has 0 unspecified atom stereocenters. The first-order valence-corrected chi connectivity index (χ1v) is 5.16. The summed E-state index contributed by atoms with van der Waals surface area (Å²) in [6.07, 6.45) is 1.42. The normalized spacial score (nSPS) is 8.40. The van der Waals surface area contributed by atoms with Crippen molar-refractivity contribution < 1.29 is 0 Å². The molecule has 0 nitrogen and oxygen atoms in total. The van der Waals surface area contributed by atoms with Crippen LogP contribution in [0.3, 0.4) is 0 Å². The van der Waals surface area contributed by atoms with Gasteiger partial charge in [-0.1, -0.05) is 0 Å². The third-order valence-electron chi connectivity index (χ3n) is 0.310. The molecule has 0 aromatic carbocycles. The zero-order chi connectivity index (χ0) is 4.12. The fraction of sp³-hybridized carbons (Fsp3) is 1.00. The Hall–Kier alpha value is 1.53. The van der Waals surface area contributed by atoms with Gasteiger partial charge in [0.1, 0.15) is 0 Å². The van der Waals surface area contributed by atoms with Crippen LogP contribution in [0.1, 0.15) is 6.42 Å². The second-order valence-corrected chi connectivity index (χ2v) is 3.30. The minimum atomic E-state index is 1.34. The first-order chi connectivity index (χ1) is 2.41. The molecule has 0 atom stereocenters. The maximum absolute atomic E-state index is 2.40. The van der Waals surface area contributed by atoms with Crippen LogP contribution in [-0.4, -0.2) is 27.0 Å². The standard InChI is InChI=1S/C3H6I.Sn/c1-2-3-4;/h1-3H2;. The molecule has 0 spiro atoms. The number of hydrogen-bond acceptors (Lipinski definition) is 0. The van der Waals surface area contributed by atoms with E-state index in [1.165, 1.54) is 15.3 Å². The van der Waals surface area contributed by atoms with Gasteiger partial charge in [0.25, 0.3) is 0 Å². The number of alkyl halides is 1. The van der Waals surface area contributed by atoms with Crippen LogP contribution in [0.4, 0.5) is 0 Å².